The summed E-state index contributed by atoms with van der Waals surface area (Å²) in [5, 5.41) is 0. The highest BCUT2D eigenvalue weighted by molar-refractivity contribution is 5.08. The van der Waals surface area contributed by atoms with E-state index >= 15 is 0 Å². The van der Waals surface area contributed by atoms with Crippen molar-refractivity contribution in [3.05, 3.63) is 42.0 Å². The van der Waals surface area contributed by atoms with Crippen LogP contribution >= 0.6 is 0 Å². The van der Waals surface area contributed by atoms with Crippen LogP contribution in [0.4, 0.5) is 0 Å². The van der Waals surface area contributed by atoms with E-state index in [1.807, 2.05) is 6.20 Å². The molecule has 0 N–H and O–H groups in total. The van der Waals surface area contributed by atoms with Crippen LogP contribution in [-0.4, -0.2) is 37.0 Å². The Kier molecular flexibility index (Phi) is 6.17. The van der Waals surface area contributed by atoms with E-state index in [2.05, 4.69) is 40.0 Å². The number of aryl methyl sites for hydroxylation is 2. The molecule has 2 aromatic heterocycles. The second-order valence-corrected chi connectivity index (χ2v) is 8.36. The van der Waals surface area contributed by atoms with Gasteiger partial charge in [0.05, 0.1) is 0 Å². The molecule has 1 saturated heterocycles. The Morgan fingerprint density at radius 2 is 1.74 bits per heavy atom. The zero-order valence-electron chi connectivity index (χ0n) is 16.7. The molecule has 0 amide bonds. The van der Waals surface area contributed by atoms with Crippen LogP contribution in [0, 0.1) is 6.92 Å². The molecule has 0 unspecified atom stereocenters. The Labute approximate surface area is 163 Å². The zero-order chi connectivity index (χ0) is 18.5. The molecular weight excluding hydrogens is 334 g/mol. The number of nitrogens with zero attached hydrogens (tertiary/aromatic N) is 5. The van der Waals surface area contributed by atoms with Crippen LogP contribution in [-0.2, 0) is 13.1 Å². The van der Waals surface area contributed by atoms with Crippen molar-refractivity contribution < 1.29 is 0 Å². The molecule has 0 spiro atoms. The number of piperidine rings is 1. The Balaban J connectivity index is 1.35. The van der Waals surface area contributed by atoms with Crippen molar-refractivity contribution in [3.63, 3.8) is 0 Å². The smallest absolute Gasteiger partial charge is 0.131 e. The lowest BCUT2D eigenvalue weighted by molar-refractivity contribution is 0.128. The molecule has 5 heteroatoms. The molecule has 4 rings (SSSR count). The van der Waals surface area contributed by atoms with E-state index in [-0.39, 0.29) is 0 Å². The van der Waals surface area contributed by atoms with Gasteiger partial charge in [-0.3, -0.25) is 4.90 Å². The van der Waals surface area contributed by atoms with Crippen molar-refractivity contribution >= 4 is 0 Å². The first-order chi connectivity index (χ1) is 13.3. The van der Waals surface area contributed by atoms with Crippen LogP contribution in [0.25, 0.3) is 0 Å². The van der Waals surface area contributed by atoms with E-state index in [1.165, 1.54) is 69.9 Å². The maximum Gasteiger partial charge on any atom is 0.131 e. The molecule has 1 aliphatic heterocycles. The lowest BCUT2D eigenvalue weighted by Crippen LogP contribution is -2.39. The van der Waals surface area contributed by atoms with Gasteiger partial charge >= 0.3 is 0 Å². The van der Waals surface area contributed by atoms with Gasteiger partial charge in [-0.1, -0.05) is 25.7 Å². The van der Waals surface area contributed by atoms with Crippen molar-refractivity contribution in [3.8, 4) is 0 Å². The fourth-order valence-electron chi connectivity index (χ4n) is 4.78. The zero-order valence-corrected chi connectivity index (χ0v) is 16.7. The first kappa shape index (κ1) is 18.6. The monoisotopic (exact) mass is 367 g/mol. The summed E-state index contributed by atoms with van der Waals surface area (Å²) in [5.74, 6) is 2.78. The van der Waals surface area contributed by atoms with Crippen LogP contribution < -0.4 is 0 Å². The molecule has 1 aliphatic carbocycles. The normalized spacial score (nSPS) is 22.2. The molecular formula is C22H33N5. The van der Waals surface area contributed by atoms with E-state index in [0.717, 1.165) is 24.7 Å². The SMILES string of the molecule is Cc1nccn1CC[C@@H]1CCCCN1Cc1cnc(C2CCCCC2)nc1. The molecule has 1 atom stereocenters. The molecule has 0 aromatic carbocycles. The molecule has 27 heavy (non-hydrogen) atoms. The van der Waals surface area contributed by atoms with Crippen LogP contribution in [0.5, 0.6) is 0 Å². The fraction of sp³-hybridized carbons (Fsp3) is 0.682. The number of likely N-dealkylation sites (tertiary alicyclic amines) is 1. The van der Waals surface area contributed by atoms with Crippen molar-refractivity contribution in [2.45, 2.75) is 89.8 Å². The number of imidazole rings is 1. The fourth-order valence-corrected chi connectivity index (χ4v) is 4.78. The molecule has 146 valence electrons. The predicted octanol–water partition coefficient (Wildman–Crippen LogP) is 4.47. The summed E-state index contributed by atoms with van der Waals surface area (Å²) in [5.41, 5.74) is 1.26. The van der Waals surface area contributed by atoms with E-state index in [0.29, 0.717) is 12.0 Å². The molecule has 2 aliphatic rings. The van der Waals surface area contributed by atoms with E-state index in [4.69, 9.17) is 9.97 Å². The third-order valence-corrected chi connectivity index (χ3v) is 6.46. The maximum absolute atomic E-state index is 4.74. The summed E-state index contributed by atoms with van der Waals surface area (Å²) in [6, 6.07) is 0.651. The molecule has 1 saturated carbocycles. The van der Waals surface area contributed by atoms with Crippen molar-refractivity contribution in [1.29, 1.82) is 0 Å². The molecule has 3 heterocycles. The lowest BCUT2D eigenvalue weighted by Gasteiger charge is -2.36. The van der Waals surface area contributed by atoms with Crippen LogP contribution in [0.15, 0.2) is 24.8 Å². The molecule has 2 fully saturated rings. The number of aromatic nitrogens is 4. The largest absolute Gasteiger partial charge is 0.335 e. The summed E-state index contributed by atoms with van der Waals surface area (Å²) in [7, 11) is 0. The average molecular weight is 368 g/mol. The second-order valence-electron chi connectivity index (χ2n) is 8.36. The van der Waals surface area contributed by atoms with Gasteiger partial charge in [0.2, 0.25) is 0 Å². The standard InChI is InChI=1S/C22H33N5/c1-18-23-11-14-26(18)13-10-21-9-5-6-12-27(21)17-19-15-24-22(25-16-19)20-7-3-2-4-8-20/h11,14-16,20-21H,2-10,12-13,17H2,1H3/t21-/m0/s1. The third-order valence-electron chi connectivity index (χ3n) is 6.46. The Hall–Kier alpha value is -1.75. The minimum atomic E-state index is 0.592. The minimum absolute atomic E-state index is 0.592. The van der Waals surface area contributed by atoms with Gasteiger partial charge in [-0.15, -0.1) is 0 Å². The van der Waals surface area contributed by atoms with Gasteiger partial charge in [0.1, 0.15) is 11.6 Å². The summed E-state index contributed by atoms with van der Waals surface area (Å²) in [6.07, 6.45) is 19.9. The van der Waals surface area contributed by atoms with Crippen molar-refractivity contribution in [2.75, 3.05) is 6.54 Å². The summed E-state index contributed by atoms with van der Waals surface area (Å²) < 4.78 is 2.27. The van der Waals surface area contributed by atoms with Gasteiger partial charge < -0.3 is 4.57 Å². The molecule has 5 nitrogen and oxygen atoms in total. The van der Waals surface area contributed by atoms with Crippen molar-refractivity contribution in [2.24, 2.45) is 0 Å². The molecule has 0 radical (unpaired) electrons. The van der Waals surface area contributed by atoms with E-state index in [1.54, 1.807) is 0 Å². The highest BCUT2D eigenvalue weighted by atomic mass is 15.2. The first-order valence-corrected chi connectivity index (χ1v) is 10.8. The Morgan fingerprint density at radius 1 is 0.963 bits per heavy atom. The Morgan fingerprint density at radius 3 is 2.48 bits per heavy atom. The summed E-state index contributed by atoms with van der Waals surface area (Å²) >= 11 is 0. The van der Waals surface area contributed by atoms with E-state index in [9.17, 15) is 0 Å². The third kappa shape index (κ3) is 4.75. The maximum atomic E-state index is 4.74. The van der Waals surface area contributed by atoms with Gasteiger partial charge in [-0.05, 0) is 45.6 Å². The van der Waals surface area contributed by atoms with Crippen LogP contribution in [0.3, 0.4) is 0 Å². The lowest BCUT2D eigenvalue weighted by atomic mass is 9.89. The quantitative estimate of drug-likeness (QED) is 0.755. The second kappa shape index (κ2) is 8.96. The van der Waals surface area contributed by atoms with Gasteiger partial charge in [-0.2, -0.15) is 0 Å². The number of rotatable bonds is 6. The van der Waals surface area contributed by atoms with Crippen molar-refractivity contribution in [1.82, 2.24) is 24.4 Å². The van der Waals surface area contributed by atoms with Gasteiger partial charge in [-0.25, -0.2) is 15.0 Å². The van der Waals surface area contributed by atoms with Crippen LogP contribution in [0.1, 0.15) is 80.9 Å². The molecule has 2 aromatic rings. The highest BCUT2D eigenvalue weighted by Crippen LogP contribution is 2.30. The number of hydrogen-bond donors (Lipinski definition) is 0. The van der Waals surface area contributed by atoms with Gasteiger partial charge in [0.15, 0.2) is 0 Å². The number of hydrogen-bond acceptors (Lipinski definition) is 4. The predicted molar refractivity (Wildman–Crippen MR) is 107 cm³/mol. The minimum Gasteiger partial charge on any atom is -0.335 e. The van der Waals surface area contributed by atoms with Gasteiger partial charge in [0.25, 0.3) is 0 Å². The topological polar surface area (TPSA) is 46.8 Å². The first-order valence-electron chi connectivity index (χ1n) is 10.8. The summed E-state index contributed by atoms with van der Waals surface area (Å²) in [4.78, 5) is 16.5. The average Bonchev–Trinajstić information content (AvgIpc) is 3.13. The molecule has 0 bridgehead atoms. The van der Waals surface area contributed by atoms with Crippen LogP contribution in [0.2, 0.25) is 0 Å². The summed E-state index contributed by atoms with van der Waals surface area (Å²) in [6.45, 7) is 5.32. The van der Waals surface area contributed by atoms with E-state index < -0.39 is 0 Å². The van der Waals surface area contributed by atoms with Gasteiger partial charge in [0, 0.05) is 55.4 Å². The highest BCUT2D eigenvalue weighted by Gasteiger charge is 2.23. The Bertz CT molecular complexity index is 702.